The van der Waals surface area contributed by atoms with E-state index in [-0.39, 0.29) is 5.91 Å². The van der Waals surface area contributed by atoms with Crippen LogP contribution in [0.2, 0.25) is 0 Å². The highest BCUT2D eigenvalue weighted by Crippen LogP contribution is 2.33. The molecule has 1 amide bonds. The maximum absolute atomic E-state index is 13.9. The molecule has 230 valence electrons. The van der Waals surface area contributed by atoms with Crippen molar-refractivity contribution in [3.05, 3.63) is 107 Å². The number of allylic oxidation sites excluding steroid dienone is 1. The summed E-state index contributed by atoms with van der Waals surface area (Å²) in [5.41, 5.74) is 11.0. The SMILES string of the molecule is C=C(NCCCN1CCCC1=C)c1ccc(N2CCN(c3ccccc3C)CC2)c(NC(=O)c2cccc3c2CCCC3)c1. The van der Waals surface area contributed by atoms with Gasteiger partial charge in [-0.3, -0.25) is 4.79 Å². The lowest BCUT2D eigenvalue weighted by Crippen LogP contribution is -2.47. The molecule has 2 heterocycles. The van der Waals surface area contributed by atoms with Crippen molar-refractivity contribution < 1.29 is 4.79 Å². The molecular weight excluding hydrogens is 542 g/mol. The Labute approximate surface area is 263 Å². The Kier molecular flexibility index (Phi) is 9.25. The number of hydrogen-bond acceptors (Lipinski definition) is 5. The summed E-state index contributed by atoms with van der Waals surface area (Å²) >= 11 is 0. The first-order chi connectivity index (χ1) is 21.5. The molecule has 0 bridgehead atoms. The number of anilines is 3. The van der Waals surface area contributed by atoms with Crippen molar-refractivity contribution in [1.82, 2.24) is 10.2 Å². The Balaban J connectivity index is 1.19. The molecule has 3 aliphatic rings. The van der Waals surface area contributed by atoms with Crippen LogP contribution in [0.3, 0.4) is 0 Å². The summed E-state index contributed by atoms with van der Waals surface area (Å²) in [5.74, 6) is -0.0230. The van der Waals surface area contributed by atoms with E-state index in [1.807, 2.05) is 12.1 Å². The highest BCUT2D eigenvalue weighted by atomic mass is 16.1. The van der Waals surface area contributed by atoms with E-state index in [4.69, 9.17) is 0 Å². The lowest BCUT2D eigenvalue weighted by molar-refractivity contribution is 0.102. The fourth-order valence-corrected chi connectivity index (χ4v) is 7.06. The van der Waals surface area contributed by atoms with Crippen LogP contribution in [0.25, 0.3) is 5.70 Å². The lowest BCUT2D eigenvalue weighted by Gasteiger charge is -2.38. The molecule has 0 aromatic heterocycles. The highest BCUT2D eigenvalue weighted by Gasteiger charge is 2.23. The van der Waals surface area contributed by atoms with Gasteiger partial charge >= 0.3 is 0 Å². The van der Waals surface area contributed by atoms with Gasteiger partial charge in [0.1, 0.15) is 0 Å². The van der Waals surface area contributed by atoms with E-state index in [1.54, 1.807) is 0 Å². The third kappa shape index (κ3) is 6.64. The van der Waals surface area contributed by atoms with Gasteiger partial charge < -0.3 is 25.3 Å². The minimum atomic E-state index is -0.0230. The van der Waals surface area contributed by atoms with Crippen molar-refractivity contribution in [2.45, 2.75) is 51.9 Å². The van der Waals surface area contributed by atoms with Crippen molar-refractivity contribution in [3.8, 4) is 0 Å². The second kappa shape index (κ2) is 13.6. The van der Waals surface area contributed by atoms with Crippen molar-refractivity contribution in [1.29, 1.82) is 0 Å². The molecule has 6 nitrogen and oxygen atoms in total. The molecule has 0 saturated carbocycles. The van der Waals surface area contributed by atoms with Crippen LogP contribution in [0.5, 0.6) is 0 Å². The summed E-state index contributed by atoms with van der Waals surface area (Å²) in [4.78, 5) is 21.1. The fourth-order valence-electron chi connectivity index (χ4n) is 7.06. The average molecular weight is 590 g/mol. The second-order valence-electron chi connectivity index (χ2n) is 12.5. The van der Waals surface area contributed by atoms with Gasteiger partial charge in [0.05, 0.1) is 11.4 Å². The van der Waals surface area contributed by atoms with Crippen molar-refractivity contribution in [2.75, 3.05) is 60.9 Å². The lowest BCUT2D eigenvalue weighted by atomic mass is 9.88. The van der Waals surface area contributed by atoms with Crippen LogP contribution in [0.4, 0.5) is 17.1 Å². The largest absolute Gasteiger partial charge is 0.385 e. The summed E-state index contributed by atoms with van der Waals surface area (Å²) in [7, 11) is 0. The Morgan fingerprint density at radius 3 is 2.39 bits per heavy atom. The molecule has 6 rings (SSSR count). The predicted molar refractivity (Wildman–Crippen MR) is 185 cm³/mol. The summed E-state index contributed by atoms with van der Waals surface area (Å²) in [6.45, 7) is 17.4. The Morgan fingerprint density at radius 2 is 1.61 bits per heavy atom. The van der Waals surface area contributed by atoms with Crippen LogP contribution in [0.1, 0.15) is 64.7 Å². The number of nitrogens with zero attached hydrogens (tertiary/aromatic N) is 3. The molecule has 3 aromatic rings. The molecule has 0 radical (unpaired) electrons. The fraction of sp³-hybridized carbons (Fsp3) is 0.395. The van der Waals surface area contributed by atoms with Crippen LogP contribution in [0.15, 0.2) is 79.5 Å². The number of carbonyl (C=O) groups excluding carboxylic acids is 1. The van der Waals surface area contributed by atoms with Gasteiger partial charge in [0.2, 0.25) is 0 Å². The molecule has 44 heavy (non-hydrogen) atoms. The van der Waals surface area contributed by atoms with Crippen molar-refractivity contribution in [3.63, 3.8) is 0 Å². The van der Waals surface area contributed by atoms with Crippen LogP contribution in [-0.2, 0) is 12.8 Å². The average Bonchev–Trinajstić information content (AvgIpc) is 3.47. The van der Waals surface area contributed by atoms with Crippen LogP contribution < -0.4 is 20.4 Å². The van der Waals surface area contributed by atoms with E-state index in [0.717, 1.165) is 106 Å². The molecule has 2 fully saturated rings. The normalized spacial score (nSPS) is 16.6. The quantitative estimate of drug-likeness (QED) is 0.249. The molecule has 0 atom stereocenters. The molecular formula is C38H47N5O. The number of benzene rings is 3. The zero-order valence-electron chi connectivity index (χ0n) is 26.3. The highest BCUT2D eigenvalue weighted by molar-refractivity contribution is 6.07. The number of para-hydroxylation sites is 1. The summed E-state index contributed by atoms with van der Waals surface area (Å²) in [6, 6.07) is 21.2. The summed E-state index contributed by atoms with van der Waals surface area (Å²) in [5, 5.41) is 6.89. The first kappa shape index (κ1) is 29.9. The molecule has 0 spiro atoms. The zero-order chi connectivity index (χ0) is 30.5. The van der Waals surface area contributed by atoms with E-state index in [1.165, 1.54) is 40.9 Å². The molecule has 2 aliphatic heterocycles. The van der Waals surface area contributed by atoms with Gasteiger partial charge in [0.25, 0.3) is 5.91 Å². The Bertz CT molecular complexity index is 1520. The number of amides is 1. The van der Waals surface area contributed by atoms with E-state index in [2.05, 4.69) is 93.9 Å². The van der Waals surface area contributed by atoms with E-state index < -0.39 is 0 Å². The van der Waals surface area contributed by atoms with E-state index in [0.29, 0.717) is 0 Å². The number of fused-ring (bicyclic) bond motifs is 1. The molecule has 2 N–H and O–H groups in total. The first-order valence-electron chi connectivity index (χ1n) is 16.5. The summed E-state index contributed by atoms with van der Waals surface area (Å²) < 4.78 is 0. The third-order valence-corrected chi connectivity index (χ3v) is 9.59. The van der Waals surface area contributed by atoms with Gasteiger partial charge in [-0.15, -0.1) is 0 Å². The van der Waals surface area contributed by atoms with Gasteiger partial charge in [-0.1, -0.05) is 49.6 Å². The number of likely N-dealkylation sites (tertiary alicyclic amines) is 1. The van der Waals surface area contributed by atoms with Crippen molar-refractivity contribution >= 4 is 28.7 Å². The number of rotatable bonds is 10. The van der Waals surface area contributed by atoms with Crippen molar-refractivity contribution in [2.24, 2.45) is 0 Å². The predicted octanol–water partition coefficient (Wildman–Crippen LogP) is 7.01. The monoisotopic (exact) mass is 589 g/mol. The van der Waals surface area contributed by atoms with Gasteiger partial charge in [0, 0.05) is 68.5 Å². The van der Waals surface area contributed by atoms with Gasteiger partial charge in [-0.25, -0.2) is 0 Å². The van der Waals surface area contributed by atoms with Gasteiger partial charge in [0.15, 0.2) is 0 Å². The number of carbonyl (C=O) groups is 1. The standard InChI is InChI=1S/C38H47N5O/c1-28-11-4-7-17-36(28)42-23-25-43(26-24-42)37-19-18-32(30(3)39-20-10-22-41-21-9-12-29(41)2)27-35(37)40-38(44)34-16-8-14-31-13-5-6-15-33(31)34/h4,7-8,11,14,16-19,27,39H,2-3,5-6,9-10,12-13,15,20-26H2,1H3,(H,40,44). The number of piperazine rings is 1. The van der Waals surface area contributed by atoms with Crippen LogP contribution in [0, 0.1) is 6.92 Å². The Hall–Kier alpha value is -4.19. The number of nitrogens with one attached hydrogen (secondary N) is 2. The molecule has 1 aliphatic carbocycles. The van der Waals surface area contributed by atoms with Crippen LogP contribution in [-0.4, -0.2) is 56.6 Å². The smallest absolute Gasteiger partial charge is 0.256 e. The van der Waals surface area contributed by atoms with Gasteiger partial charge in [-0.2, -0.15) is 0 Å². The molecule has 0 unspecified atom stereocenters. The number of hydrogen-bond donors (Lipinski definition) is 2. The third-order valence-electron chi connectivity index (χ3n) is 9.59. The van der Waals surface area contributed by atoms with Crippen LogP contribution >= 0.6 is 0 Å². The van der Waals surface area contributed by atoms with E-state index in [9.17, 15) is 4.79 Å². The Morgan fingerprint density at radius 1 is 0.841 bits per heavy atom. The maximum atomic E-state index is 13.9. The molecule has 6 heteroatoms. The first-order valence-corrected chi connectivity index (χ1v) is 16.5. The second-order valence-corrected chi connectivity index (χ2v) is 12.5. The zero-order valence-corrected chi connectivity index (χ0v) is 26.3. The maximum Gasteiger partial charge on any atom is 0.256 e. The van der Waals surface area contributed by atoms with E-state index >= 15 is 0 Å². The topological polar surface area (TPSA) is 50.9 Å². The summed E-state index contributed by atoms with van der Waals surface area (Å²) in [6.07, 6.45) is 7.73. The molecule has 3 aromatic carbocycles. The molecule has 2 saturated heterocycles. The number of aryl methyl sites for hydroxylation is 2. The minimum Gasteiger partial charge on any atom is -0.385 e. The minimum absolute atomic E-state index is 0.0230. The van der Waals surface area contributed by atoms with Gasteiger partial charge in [-0.05, 0) is 98.4 Å².